The van der Waals surface area contributed by atoms with E-state index in [9.17, 15) is 4.79 Å². The van der Waals surface area contributed by atoms with E-state index in [-0.39, 0.29) is 5.91 Å². The van der Waals surface area contributed by atoms with Gasteiger partial charge in [-0.1, -0.05) is 6.92 Å². The third-order valence-corrected chi connectivity index (χ3v) is 4.38. The topological polar surface area (TPSA) is 61.6 Å². The number of hydrazine groups is 1. The van der Waals surface area contributed by atoms with E-state index >= 15 is 0 Å². The Bertz CT molecular complexity index is 399. The van der Waals surface area contributed by atoms with Gasteiger partial charge in [0.25, 0.3) is 5.91 Å². The maximum absolute atomic E-state index is 11.4. The van der Waals surface area contributed by atoms with Crippen LogP contribution in [0.15, 0.2) is 12.1 Å². The zero-order valence-electron chi connectivity index (χ0n) is 10.7. The summed E-state index contributed by atoms with van der Waals surface area (Å²) in [6, 6.07) is 3.85. The number of rotatable bonds is 4. The van der Waals surface area contributed by atoms with Crippen LogP contribution in [0, 0.1) is 0 Å². The fourth-order valence-corrected chi connectivity index (χ4v) is 3.09. The fraction of sp³-hybridized carbons (Fsp3) is 0.583. The molecule has 0 saturated carbocycles. The smallest absolute Gasteiger partial charge is 0.275 e. The molecule has 0 unspecified atom stereocenters. The second-order valence-corrected chi connectivity index (χ2v) is 5.62. The molecule has 2 rings (SSSR count). The minimum atomic E-state index is -0.206. The van der Waals surface area contributed by atoms with Crippen molar-refractivity contribution >= 4 is 17.2 Å². The maximum atomic E-state index is 11.4. The van der Waals surface area contributed by atoms with Crippen molar-refractivity contribution in [2.24, 2.45) is 5.84 Å². The van der Waals surface area contributed by atoms with E-state index in [0.717, 1.165) is 39.3 Å². The number of nitrogens with one attached hydrogen (secondary N) is 1. The monoisotopic (exact) mass is 268 g/mol. The Morgan fingerprint density at radius 1 is 1.33 bits per heavy atom. The summed E-state index contributed by atoms with van der Waals surface area (Å²) in [6.07, 6.45) is 0. The van der Waals surface area contributed by atoms with Gasteiger partial charge in [0.1, 0.15) is 0 Å². The summed E-state index contributed by atoms with van der Waals surface area (Å²) in [6.45, 7) is 8.74. The maximum Gasteiger partial charge on any atom is 0.275 e. The van der Waals surface area contributed by atoms with E-state index in [1.54, 1.807) is 0 Å². The average molecular weight is 268 g/mol. The first kappa shape index (κ1) is 13.5. The highest BCUT2D eigenvalue weighted by molar-refractivity contribution is 7.14. The van der Waals surface area contributed by atoms with Crippen LogP contribution in [0.5, 0.6) is 0 Å². The molecule has 0 bridgehead atoms. The van der Waals surface area contributed by atoms with Crippen molar-refractivity contribution in [3.05, 3.63) is 21.9 Å². The molecular formula is C12H20N4OS. The van der Waals surface area contributed by atoms with E-state index in [2.05, 4.69) is 22.1 Å². The highest BCUT2D eigenvalue weighted by atomic mass is 32.1. The van der Waals surface area contributed by atoms with Gasteiger partial charge in [-0.3, -0.25) is 15.1 Å². The minimum absolute atomic E-state index is 0.206. The number of nitrogen functional groups attached to an aromatic ring is 1. The van der Waals surface area contributed by atoms with Gasteiger partial charge >= 0.3 is 0 Å². The number of nitrogens with two attached hydrogens (primary N) is 1. The van der Waals surface area contributed by atoms with Crippen LogP contribution < -0.4 is 11.3 Å². The first-order valence-corrected chi connectivity index (χ1v) is 7.09. The molecule has 100 valence electrons. The number of likely N-dealkylation sites (N-methyl/N-ethyl adjacent to an activating group) is 1. The standard InChI is InChI=1S/C12H20N4OS/c1-2-15-5-7-16(8-6-15)9-10-3-4-11(18-10)12(17)14-13/h3-4H,2,5-9,13H2,1H3,(H,14,17). The van der Waals surface area contributed by atoms with Crippen LogP contribution in [0.4, 0.5) is 0 Å². The minimum Gasteiger partial charge on any atom is -0.301 e. The number of thiophene rings is 1. The van der Waals surface area contributed by atoms with Crippen molar-refractivity contribution in [1.29, 1.82) is 0 Å². The number of carbonyl (C=O) groups is 1. The predicted octanol–water partition coefficient (Wildman–Crippen LogP) is 0.489. The molecule has 2 heterocycles. The summed E-state index contributed by atoms with van der Waals surface area (Å²) >= 11 is 1.52. The number of nitrogens with zero attached hydrogens (tertiary/aromatic N) is 2. The van der Waals surface area contributed by atoms with Gasteiger partial charge in [-0.15, -0.1) is 11.3 Å². The zero-order valence-corrected chi connectivity index (χ0v) is 11.5. The van der Waals surface area contributed by atoms with Gasteiger partial charge < -0.3 is 4.90 Å². The number of piperazine rings is 1. The lowest BCUT2D eigenvalue weighted by Crippen LogP contribution is -2.45. The average Bonchev–Trinajstić information content (AvgIpc) is 2.87. The molecule has 5 nitrogen and oxygen atoms in total. The quantitative estimate of drug-likeness (QED) is 0.474. The highest BCUT2D eigenvalue weighted by Gasteiger charge is 2.16. The van der Waals surface area contributed by atoms with Gasteiger partial charge in [0, 0.05) is 37.6 Å². The zero-order chi connectivity index (χ0) is 13.0. The number of hydrogen-bond donors (Lipinski definition) is 2. The molecule has 1 fully saturated rings. The number of carbonyl (C=O) groups excluding carboxylic acids is 1. The van der Waals surface area contributed by atoms with E-state index in [0.29, 0.717) is 4.88 Å². The molecule has 18 heavy (non-hydrogen) atoms. The van der Waals surface area contributed by atoms with Gasteiger partial charge in [0.05, 0.1) is 4.88 Å². The Morgan fingerprint density at radius 2 is 2.00 bits per heavy atom. The van der Waals surface area contributed by atoms with Crippen LogP contribution in [0.2, 0.25) is 0 Å². The molecule has 6 heteroatoms. The molecular weight excluding hydrogens is 248 g/mol. The Labute approximate surface area is 112 Å². The molecule has 1 amide bonds. The lowest BCUT2D eigenvalue weighted by molar-refractivity contribution is 0.0957. The van der Waals surface area contributed by atoms with E-state index < -0.39 is 0 Å². The lowest BCUT2D eigenvalue weighted by atomic mass is 10.3. The van der Waals surface area contributed by atoms with E-state index in [1.165, 1.54) is 16.2 Å². The van der Waals surface area contributed by atoms with Crippen molar-refractivity contribution < 1.29 is 4.79 Å². The van der Waals surface area contributed by atoms with Gasteiger partial charge in [-0.2, -0.15) is 0 Å². The van der Waals surface area contributed by atoms with Crippen molar-refractivity contribution in [3.8, 4) is 0 Å². The molecule has 3 N–H and O–H groups in total. The van der Waals surface area contributed by atoms with E-state index in [1.807, 2.05) is 12.1 Å². The van der Waals surface area contributed by atoms with Gasteiger partial charge in [0.15, 0.2) is 0 Å². The second kappa shape index (κ2) is 6.29. The normalized spacial score (nSPS) is 17.9. The number of amides is 1. The first-order chi connectivity index (χ1) is 8.72. The molecule has 1 aliphatic heterocycles. The Balaban J connectivity index is 1.86. The molecule has 0 atom stereocenters. The van der Waals surface area contributed by atoms with Crippen LogP contribution in [0.3, 0.4) is 0 Å². The van der Waals surface area contributed by atoms with Gasteiger partial charge in [0.2, 0.25) is 0 Å². The summed E-state index contributed by atoms with van der Waals surface area (Å²) in [5, 5.41) is 0. The molecule has 0 aliphatic carbocycles. The molecule has 1 aromatic heterocycles. The molecule has 0 spiro atoms. The largest absolute Gasteiger partial charge is 0.301 e. The fourth-order valence-electron chi connectivity index (χ4n) is 2.14. The third-order valence-electron chi connectivity index (χ3n) is 3.31. The number of hydrogen-bond acceptors (Lipinski definition) is 5. The van der Waals surface area contributed by atoms with Crippen LogP contribution in [-0.4, -0.2) is 48.4 Å². The predicted molar refractivity (Wildman–Crippen MR) is 73.4 cm³/mol. The summed E-state index contributed by atoms with van der Waals surface area (Å²) in [7, 11) is 0. The highest BCUT2D eigenvalue weighted by Crippen LogP contribution is 2.18. The summed E-state index contributed by atoms with van der Waals surface area (Å²) in [5.74, 6) is 4.91. The van der Waals surface area contributed by atoms with Gasteiger partial charge in [-0.25, -0.2) is 5.84 Å². The van der Waals surface area contributed by atoms with Crippen LogP contribution in [0.25, 0.3) is 0 Å². The van der Waals surface area contributed by atoms with Crippen LogP contribution in [-0.2, 0) is 6.54 Å². The Morgan fingerprint density at radius 3 is 2.61 bits per heavy atom. The first-order valence-electron chi connectivity index (χ1n) is 6.27. The van der Waals surface area contributed by atoms with Crippen molar-refractivity contribution in [2.75, 3.05) is 32.7 Å². The van der Waals surface area contributed by atoms with Crippen molar-refractivity contribution in [3.63, 3.8) is 0 Å². The van der Waals surface area contributed by atoms with Crippen LogP contribution >= 0.6 is 11.3 Å². The molecule has 1 saturated heterocycles. The summed E-state index contributed by atoms with van der Waals surface area (Å²) in [5.41, 5.74) is 2.16. The Kier molecular flexibility index (Phi) is 4.71. The van der Waals surface area contributed by atoms with Crippen molar-refractivity contribution in [1.82, 2.24) is 15.2 Å². The van der Waals surface area contributed by atoms with Gasteiger partial charge in [-0.05, 0) is 18.7 Å². The second-order valence-electron chi connectivity index (χ2n) is 4.45. The summed E-state index contributed by atoms with van der Waals surface area (Å²) < 4.78 is 0. The molecule has 1 aromatic rings. The van der Waals surface area contributed by atoms with Crippen LogP contribution in [0.1, 0.15) is 21.5 Å². The summed E-state index contributed by atoms with van der Waals surface area (Å²) in [4.78, 5) is 18.1. The molecule has 1 aliphatic rings. The van der Waals surface area contributed by atoms with Crippen molar-refractivity contribution in [2.45, 2.75) is 13.5 Å². The SMILES string of the molecule is CCN1CCN(Cc2ccc(C(=O)NN)s2)CC1. The Hall–Kier alpha value is -0.950. The molecule has 0 radical (unpaired) electrons. The third kappa shape index (κ3) is 3.29. The van der Waals surface area contributed by atoms with E-state index in [4.69, 9.17) is 5.84 Å². The lowest BCUT2D eigenvalue weighted by Gasteiger charge is -2.33. The molecule has 0 aromatic carbocycles.